The van der Waals surface area contributed by atoms with Gasteiger partial charge in [-0.1, -0.05) is 17.7 Å². The topological polar surface area (TPSA) is 92.5 Å². The number of alkyl halides is 3. The molecule has 3 aromatic carbocycles. The van der Waals surface area contributed by atoms with E-state index in [-0.39, 0.29) is 64.3 Å². The second-order valence-corrected chi connectivity index (χ2v) is 8.56. The van der Waals surface area contributed by atoms with Crippen molar-refractivity contribution >= 4 is 40.3 Å². The Kier molecular flexibility index (Phi) is 8.37. The molecule has 0 fully saturated rings. The third-order valence-corrected chi connectivity index (χ3v) is 5.85. The van der Waals surface area contributed by atoms with Crippen LogP contribution in [0.4, 0.5) is 17.6 Å². The first-order valence-corrected chi connectivity index (χ1v) is 10.9. The number of hydrogen-bond donors (Lipinski definition) is 1. The summed E-state index contributed by atoms with van der Waals surface area (Å²) >= 11 is 6.01. The zero-order chi connectivity index (χ0) is 27.2. The van der Waals surface area contributed by atoms with E-state index in [0.29, 0.717) is 10.7 Å². The second kappa shape index (κ2) is 10.9. The number of benzene rings is 3. The number of fused-ring (bicyclic) bond motifs is 1. The van der Waals surface area contributed by atoms with Gasteiger partial charge in [-0.05, 0) is 48.5 Å². The maximum absolute atomic E-state index is 14.9. The molecule has 0 saturated heterocycles. The molecule has 0 aliphatic rings. The average molecular weight is 558 g/mol. The van der Waals surface area contributed by atoms with Crippen molar-refractivity contribution in [1.29, 1.82) is 0 Å². The Labute approximate surface area is 241 Å². The van der Waals surface area contributed by atoms with Gasteiger partial charge in [0.05, 0.1) is 27.2 Å². The van der Waals surface area contributed by atoms with Gasteiger partial charge in [0.15, 0.2) is 0 Å². The van der Waals surface area contributed by atoms with Crippen LogP contribution in [0.25, 0.3) is 22.2 Å². The van der Waals surface area contributed by atoms with Crippen molar-refractivity contribution in [2.24, 2.45) is 0 Å². The van der Waals surface area contributed by atoms with E-state index in [1.54, 1.807) is 0 Å². The third-order valence-electron chi connectivity index (χ3n) is 5.53. The molecule has 1 N–H and O–H groups in total. The van der Waals surface area contributed by atoms with Crippen molar-refractivity contribution in [3.8, 4) is 11.3 Å². The van der Waals surface area contributed by atoms with E-state index in [9.17, 15) is 31.9 Å². The maximum atomic E-state index is 14.9. The van der Waals surface area contributed by atoms with Gasteiger partial charge in [-0.15, -0.1) is 0 Å². The van der Waals surface area contributed by atoms with E-state index in [0.717, 1.165) is 30.3 Å². The van der Waals surface area contributed by atoms with Crippen LogP contribution >= 0.6 is 11.6 Å². The van der Waals surface area contributed by atoms with Crippen LogP contribution in [0.1, 0.15) is 38.1 Å². The van der Waals surface area contributed by atoms with E-state index < -0.39 is 45.9 Å². The van der Waals surface area contributed by atoms with Crippen LogP contribution in [-0.2, 0) is 6.18 Å². The summed E-state index contributed by atoms with van der Waals surface area (Å²) in [6.07, 6.45) is -4.92. The molecule has 0 saturated carbocycles. The number of hydrogen-bond acceptors (Lipinski definition) is 4. The van der Waals surface area contributed by atoms with E-state index in [2.05, 4.69) is 5.10 Å². The summed E-state index contributed by atoms with van der Waals surface area (Å²) in [4.78, 5) is 38.5. The van der Waals surface area contributed by atoms with Gasteiger partial charge in [-0.3, -0.25) is 9.59 Å². The van der Waals surface area contributed by atoms with Crippen LogP contribution in [-0.4, -0.2) is 51.7 Å². The molecule has 13 heteroatoms. The first kappa shape index (κ1) is 29.3. The number of aromatic nitrogens is 2. The van der Waals surface area contributed by atoms with Gasteiger partial charge in [-0.2, -0.15) is 23.0 Å². The van der Waals surface area contributed by atoms with Crippen molar-refractivity contribution in [3.05, 3.63) is 87.7 Å². The first-order valence-electron chi connectivity index (χ1n) is 10.5. The molecule has 1 heterocycles. The number of aromatic carboxylic acids is 1. The average Bonchev–Trinajstić information content (AvgIpc) is 3.20. The van der Waals surface area contributed by atoms with E-state index in [1.165, 1.54) is 37.2 Å². The molecular weight excluding hydrogens is 541 g/mol. The van der Waals surface area contributed by atoms with Crippen LogP contribution in [0.3, 0.4) is 0 Å². The molecule has 4 rings (SSSR count). The Balaban J connectivity index is 0.00000267. The minimum atomic E-state index is -4.92. The molecule has 0 unspecified atom stereocenters. The Morgan fingerprint density at radius 2 is 1.68 bits per heavy atom. The Hall–Kier alpha value is -3.25. The fourth-order valence-electron chi connectivity index (χ4n) is 3.78. The third kappa shape index (κ3) is 5.32. The van der Waals surface area contributed by atoms with Gasteiger partial charge in [0, 0.05) is 30.6 Å². The van der Waals surface area contributed by atoms with Crippen molar-refractivity contribution in [2.45, 2.75) is 6.18 Å². The smallest absolute Gasteiger partial charge is 1.00 e. The van der Waals surface area contributed by atoms with E-state index in [4.69, 9.17) is 16.7 Å². The molecule has 0 radical (unpaired) electrons. The van der Waals surface area contributed by atoms with Gasteiger partial charge in [-0.25, -0.2) is 9.18 Å². The summed E-state index contributed by atoms with van der Waals surface area (Å²) in [5, 5.41) is 12.9. The fourth-order valence-corrected chi connectivity index (χ4v) is 4.04. The molecule has 1 amide bonds. The van der Waals surface area contributed by atoms with Crippen LogP contribution in [0, 0.1) is 5.82 Å². The first-order chi connectivity index (χ1) is 17.3. The number of carboxylic acids is 1. The van der Waals surface area contributed by atoms with Crippen molar-refractivity contribution < 1.29 is 68.0 Å². The van der Waals surface area contributed by atoms with E-state index in [1.807, 2.05) is 0 Å². The Morgan fingerprint density at radius 1 is 1.03 bits per heavy atom. The number of carbonyl (C=O) groups excluding carboxylic acids is 2. The molecule has 0 atom stereocenters. The molecule has 1 aromatic heterocycles. The molecule has 4 aromatic rings. The van der Waals surface area contributed by atoms with E-state index >= 15 is 0 Å². The van der Waals surface area contributed by atoms with Crippen molar-refractivity contribution in [2.75, 3.05) is 14.1 Å². The molecule has 0 bridgehead atoms. The number of amides is 1. The van der Waals surface area contributed by atoms with Crippen LogP contribution in [0.5, 0.6) is 0 Å². The quantitative estimate of drug-likeness (QED) is 0.308. The molecule has 0 aliphatic heterocycles. The number of rotatable bonds is 4. The summed E-state index contributed by atoms with van der Waals surface area (Å²) in [6, 6.07) is 9.87. The second-order valence-electron chi connectivity index (χ2n) is 8.16. The van der Waals surface area contributed by atoms with Gasteiger partial charge in [0.2, 0.25) is 0 Å². The number of halogens is 5. The SMILES string of the molecule is CN(C)C(=O)c1ccc2c(-c3ccc(C(=O)O)cc3F)nn(C(=O)c3c(Cl)cccc3C(F)(F)F)c2c1.[H-].[Na+]. The monoisotopic (exact) mass is 557 g/mol. The van der Waals surface area contributed by atoms with Gasteiger partial charge < -0.3 is 11.4 Å². The van der Waals surface area contributed by atoms with Gasteiger partial charge >= 0.3 is 41.7 Å². The fraction of sp³-hybridized carbons (Fsp3) is 0.120. The van der Waals surface area contributed by atoms with Crippen molar-refractivity contribution in [1.82, 2.24) is 14.7 Å². The van der Waals surface area contributed by atoms with Crippen LogP contribution < -0.4 is 29.6 Å². The zero-order valence-electron chi connectivity index (χ0n) is 21.1. The number of carbonyl (C=O) groups is 3. The summed E-state index contributed by atoms with van der Waals surface area (Å²) in [7, 11) is 2.97. The molecule has 38 heavy (non-hydrogen) atoms. The predicted molar refractivity (Wildman–Crippen MR) is 127 cm³/mol. The summed E-state index contributed by atoms with van der Waals surface area (Å²) in [5.74, 6) is -4.08. The minimum Gasteiger partial charge on any atom is -1.00 e. The normalized spacial score (nSPS) is 11.2. The largest absolute Gasteiger partial charge is 1.00 e. The molecular formula is C25H17ClF4N3NaO4. The minimum absolute atomic E-state index is 0. The Morgan fingerprint density at radius 3 is 2.26 bits per heavy atom. The maximum Gasteiger partial charge on any atom is 1.00 e. The standard InChI is InChI=1S/C25H16ClF4N3O4.Na.H/c1-32(2)22(34)12-6-9-15-19(11-12)33(23(35)20-16(25(28,29)30)4-3-5-17(20)26)31-21(15)14-8-7-13(24(36)37)10-18(14)27;;/h3-11H,1-2H3,(H,36,37);;/q;+1;-1. The molecule has 7 nitrogen and oxygen atoms in total. The van der Waals surface area contributed by atoms with Crippen LogP contribution in [0.15, 0.2) is 54.6 Å². The Bertz CT molecular complexity index is 1610. The number of carboxylic acid groups (broad SMARTS) is 1. The number of nitrogens with zero attached hydrogens (tertiary/aromatic N) is 3. The van der Waals surface area contributed by atoms with Gasteiger partial charge in [0.1, 0.15) is 11.5 Å². The summed E-state index contributed by atoms with van der Waals surface area (Å²) in [5.41, 5.74) is -2.86. The summed E-state index contributed by atoms with van der Waals surface area (Å²) < 4.78 is 56.7. The predicted octanol–water partition coefficient (Wildman–Crippen LogP) is 2.72. The summed E-state index contributed by atoms with van der Waals surface area (Å²) in [6.45, 7) is 0. The molecule has 0 spiro atoms. The van der Waals surface area contributed by atoms with Crippen LogP contribution in [0.2, 0.25) is 5.02 Å². The molecule has 192 valence electrons. The molecule has 0 aliphatic carbocycles. The van der Waals surface area contributed by atoms with Crippen molar-refractivity contribution in [3.63, 3.8) is 0 Å². The van der Waals surface area contributed by atoms with Gasteiger partial charge in [0.25, 0.3) is 11.8 Å². The zero-order valence-corrected chi connectivity index (χ0v) is 22.9.